The number of rotatable bonds is 5. The first-order valence-electron chi connectivity index (χ1n) is 10.0. The van der Waals surface area contributed by atoms with E-state index in [9.17, 15) is 19.7 Å². The van der Waals surface area contributed by atoms with E-state index in [0.717, 1.165) is 31.9 Å². The van der Waals surface area contributed by atoms with Crippen LogP contribution in [0.4, 0.5) is 16.2 Å². The number of benzene rings is 1. The van der Waals surface area contributed by atoms with Crippen molar-refractivity contribution in [3.8, 4) is 0 Å². The Kier molecular flexibility index (Phi) is 6.86. The van der Waals surface area contributed by atoms with Crippen molar-refractivity contribution >= 4 is 23.4 Å². The first kappa shape index (κ1) is 20.8. The van der Waals surface area contributed by atoms with Crippen LogP contribution in [0.3, 0.4) is 0 Å². The van der Waals surface area contributed by atoms with Gasteiger partial charge in [-0.15, -0.1) is 0 Å². The van der Waals surface area contributed by atoms with E-state index in [-0.39, 0.29) is 17.7 Å². The Morgan fingerprint density at radius 1 is 1.03 bits per heavy atom. The molecule has 10 nitrogen and oxygen atoms in total. The topological polar surface area (TPSA) is 101 Å². The van der Waals surface area contributed by atoms with Crippen LogP contribution in [0.15, 0.2) is 24.3 Å². The van der Waals surface area contributed by atoms with E-state index < -0.39 is 4.92 Å². The van der Waals surface area contributed by atoms with Gasteiger partial charge in [0.15, 0.2) is 6.54 Å². The maximum Gasteiger partial charge on any atom is 0.409 e. The maximum absolute atomic E-state index is 12.6. The predicted octanol–water partition coefficient (Wildman–Crippen LogP) is -0.400. The van der Waals surface area contributed by atoms with Crippen LogP contribution in [0.5, 0.6) is 0 Å². The predicted molar refractivity (Wildman–Crippen MR) is 106 cm³/mol. The number of nitrogens with zero attached hydrogens (tertiary/aromatic N) is 4. The third-order valence-electron chi connectivity index (χ3n) is 5.46. The molecule has 3 rings (SSSR count). The minimum absolute atomic E-state index is 0.0895. The molecule has 0 bridgehead atoms. The summed E-state index contributed by atoms with van der Waals surface area (Å²) in [4.78, 5) is 41.6. The van der Waals surface area contributed by atoms with Gasteiger partial charge < -0.3 is 24.3 Å². The Hall–Kier alpha value is -2.88. The zero-order valence-corrected chi connectivity index (χ0v) is 16.7. The summed E-state index contributed by atoms with van der Waals surface area (Å²) >= 11 is 0. The molecule has 2 aliphatic rings. The Morgan fingerprint density at radius 3 is 2.17 bits per heavy atom. The molecule has 0 aromatic heterocycles. The quantitative estimate of drug-likeness (QED) is 0.528. The van der Waals surface area contributed by atoms with Gasteiger partial charge in [0.05, 0.1) is 37.7 Å². The summed E-state index contributed by atoms with van der Waals surface area (Å²) in [5.41, 5.74) is 1.06. The molecule has 1 aromatic rings. The number of nitrogens with one attached hydrogen (secondary N) is 1. The van der Waals surface area contributed by atoms with Crippen molar-refractivity contribution < 1.29 is 24.1 Å². The van der Waals surface area contributed by atoms with E-state index in [4.69, 9.17) is 4.74 Å². The summed E-state index contributed by atoms with van der Waals surface area (Å²) in [5.74, 6) is 0.118. The van der Waals surface area contributed by atoms with Gasteiger partial charge in [0.25, 0.3) is 11.6 Å². The Labute approximate surface area is 169 Å². The highest BCUT2D eigenvalue weighted by atomic mass is 16.6. The van der Waals surface area contributed by atoms with Crippen LogP contribution in [0.2, 0.25) is 0 Å². The average Bonchev–Trinajstić information content (AvgIpc) is 2.74. The largest absolute Gasteiger partial charge is 0.450 e. The van der Waals surface area contributed by atoms with Crippen molar-refractivity contribution in [1.29, 1.82) is 0 Å². The molecule has 10 heteroatoms. The number of carbonyl (C=O) groups is 2. The monoisotopic (exact) mass is 406 g/mol. The van der Waals surface area contributed by atoms with Gasteiger partial charge in [-0.1, -0.05) is 0 Å². The third kappa shape index (κ3) is 5.35. The third-order valence-corrected chi connectivity index (χ3v) is 5.46. The summed E-state index contributed by atoms with van der Waals surface area (Å²) in [6, 6.07) is 6.59. The summed E-state index contributed by atoms with van der Waals surface area (Å²) in [6.07, 6.45) is -0.312. The Balaban J connectivity index is 1.42. The highest BCUT2D eigenvalue weighted by Gasteiger charge is 2.28. The Morgan fingerprint density at radius 2 is 1.62 bits per heavy atom. The minimum atomic E-state index is -0.399. The number of quaternary nitrogens is 1. The highest BCUT2D eigenvalue weighted by molar-refractivity contribution is 5.77. The summed E-state index contributed by atoms with van der Waals surface area (Å²) in [5, 5.41) is 10.8. The van der Waals surface area contributed by atoms with Gasteiger partial charge in [-0.3, -0.25) is 14.9 Å². The van der Waals surface area contributed by atoms with Crippen LogP contribution in [-0.2, 0) is 9.53 Å². The number of hydrogen-bond acceptors (Lipinski definition) is 6. The number of nitro groups is 1. The second-order valence-corrected chi connectivity index (χ2v) is 7.25. The van der Waals surface area contributed by atoms with E-state index in [1.165, 1.54) is 17.0 Å². The van der Waals surface area contributed by atoms with E-state index in [1.807, 2.05) is 4.90 Å². The lowest BCUT2D eigenvalue weighted by atomic mass is 10.2. The molecule has 0 spiro atoms. The fourth-order valence-corrected chi connectivity index (χ4v) is 3.72. The van der Waals surface area contributed by atoms with E-state index in [1.54, 1.807) is 24.0 Å². The van der Waals surface area contributed by atoms with Gasteiger partial charge in [-0.25, -0.2) is 4.79 Å². The molecule has 2 amide bonds. The summed E-state index contributed by atoms with van der Waals surface area (Å²) in [7, 11) is 0. The fourth-order valence-electron chi connectivity index (χ4n) is 3.72. The van der Waals surface area contributed by atoms with Crippen LogP contribution in [-0.4, -0.2) is 92.2 Å². The Bertz CT molecular complexity index is 725. The van der Waals surface area contributed by atoms with Gasteiger partial charge in [0.2, 0.25) is 0 Å². The zero-order chi connectivity index (χ0) is 20.8. The summed E-state index contributed by atoms with van der Waals surface area (Å²) in [6.45, 7) is 7.97. The first-order chi connectivity index (χ1) is 14.0. The molecule has 2 fully saturated rings. The number of hydrogen-bond donors (Lipinski definition) is 1. The smallest absolute Gasteiger partial charge is 0.409 e. The molecule has 29 heavy (non-hydrogen) atoms. The van der Waals surface area contributed by atoms with Crippen LogP contribution >= 0.6 is 0 Å². The summed E-state index contributed by atoms with van der Waals surface area (Å²) < 4.78 is 5.00. The maximum atomic E-state index is 12.6. The molecule has 0 aliphatic carbocycles. The molecular formula is C19H28N5O5+. The molecule has 1 aromatic carbocycles. The van der Waals surface area contributed by atoms with Gasteiger partial charge in [-0.2, -0.15) is 0 Å². The molecule has 158 valence electrons. The molecule has 0 saturated carbocycles. The number of non-ortho nitro benzene ring substituents is 1. The van der Waals surface area contributed by atoms with E-state index >= 15 is 0 Å². The van der Waals surface area contributed by atoms with E-state index in [0.29, 0.717) is 39.3 Å². The van der Waals surface area contributed by atoms with Crippen molar-refractivity contribution in [1.82, 2.24) is 9.80 Å². The van der Waals surface area contributed by atoms with Crippen molar-refractivity contribution in [3.63, 3.8) is 0 Å². The minimum Gasteiger partial charge on any atom is -0.450 e. The normalized spacial score (nSPS) is 17.9. The lowest BCUT2D eigenvalue weighted by molar-refractivity contribution is -0.892. The molecule has 0 radical (unpaired) electrons. The van der Waals surface area contributed by atoms with Gasteiger partial charge in [0.1, 0.15) is 0 Å². The number of nitro benzene ring substituents is 1. The number of ether oxygens (including phenoxy) is 1. The lowest BCUT2D eigenvalue weighted by Gasteiger charge is -2.36. The van der Waals surface area contributed by atoms with Crippen molar-refractivity contribution in [3.05, 3.63) is 34.4 Å². The van der Waals surface area contributed by atoms with Crippen molar-refractivity contribution in [2.24, 2.45) is 0 Å². The average molecular weight is 406 g/mol. The fraction of sp³-hybridized carbons (Fsp3) is 0.579. The van der Waals surface area contributed by atoms with Crippen molar-refractivity contribution in [2.45, 2.75) is 6.92 Å². The lowest BCUT2D eigenvalue weighted by Crippen LogP contribution is -3.16. The standard InChI is InChI=1S/C19H27N5O5/c1-2-29-19(26)23-13-11-22(12-14-23)18(25)15-20-7-9-21(10-8-20)16-3-5-17(6-4-16)24(27)28/h3-6H,2,7-15H2,1H3/p+1. The second-order valence-electron chi connectivity index (χ2n) is 7.25. The highest BCUT2D eigenvalue weighted by Crippen LogP contribution is 2.19. The molecule has 0 atom stereocenters. The SMILES string of the molecule is CCOC(=O)N1CCN(C(=O)C[NH+]2CCN(c3ccc([N+](=O)[O-])cc3)CC2)CC1. The molecule has 0 unspecified atom stereocenters. The second kappa shape index (κ2) is 9.55. The number of amides is 2. The van der Waals surface area contributed by atoms with Gasteiger partial charge in [0, 0.05) is 44.0 Å². The van der Waals surface area contributed by atoms with Crippen LogP contribution < -0.4 is 9.80 Å². The number of anilines is 1. The van der Waals surface area contributed by atoms with E-state index in [2.05, 4.69) is 4.90 Å². The van der Waals surface area contributed by atoms with Crippen LogP contribution in [0.25, 0.3) is 0 Å². The van der Waals surface area contributed by atoms with Crippen LogP contribution in [0, 0.1) is 10.1 Å². The molecule has 1 N–H and O–H groups in total. The molecule has 2 aliphatic heterocycles. The zero-order valence-electron chi connectivity index (χ0n) is 16.7. The van der Waals surface area contributed by atoms with Gasteiger partial charge >= 0.3 is 6.09 Å². The number of piperazine rings is 2. The van der Waals surface area contributed by atoms with Crippen molar-refractivity contribution in [2.75, 3.05) is 70.4 Å². The van der Waals surface area contributed by atoms with Crippen LogP contribution in [0.1, 0.15) is 6.92 Å². The first-order valence-corrected chi connectivity index (χ1v) is 10.0. The molecule has 2 heterocycles. The number of carbonyl (C=O) groups excluding carboxylic acids is 2. The molecular weight excluding hydrogens is 378 g/mol. The van der Waals surface area contributed by atoms with Gasteiger partial charge in [-0.05, 0) is 19.1 Å². The molecule has 2 saturated heterocycles.